The van der Waals surface area contributed by atoms with E-state index in [0.29, 0.717) is 19.6 Å². The Morgan fingerprint density at radius 2 is 2.22 bits per heavy atom. The third-order valence-electron chi connectivity index (χ3n) is 3.86. The van der Waals surface area contributed by atoms with Gasteiger partial charge in [0.1, 0.15) is 6.10 Å². The maximum Gasteiger partial charge on any atom is 0.305 e. The van der Waals surface area contributed by atoms with Crippen molar-refractivity contribution in [2.24, 2.45) is 0 Å². The molecule has 4 nitrogen and oxygen atoms in total. The topological polar surface area (TPSA) is 48.1 Å². The van der Waals surface area contributed by atoms with Crippen LogP contribution in [0.2, 0.25) is 5.02 Å². The highest BCUT2D eigenvalue weighted by atomic mass is 35.5. The van der Waals surface area contributed by atoms with Crippen LogP contribution in [-0.2, 0) is 25.4 Å². The van der Waals surface area contributed by atoms with E-state index in [1.165, 1.54) is 5.56 Å². The fourth-order valence-corrected chi connectivity index (χ4v) is 2.71. The van der Waals surface area contributed by atoms with E-state index in [-0.39, 0.29) is 18.2 Å². The summed E-state index contributed by atoms with van der Waals surface area (Å²) in [5.41, 5.74) is 2.34. The van der Waals surface area contributed by atoms with Crippen LogP contribution < -0.4 is 0 Å². The molecule has 0 saturated carbocycles. The van der Waals surface area contributed by atoms with Crippen molar-refractivity contribution in [3.63, 3.8) is 0 Å². The fraction of sp³-hybridized carbons (Fsp3) is 0.611. The van der Waals surface area contributed by atoms with Crippen LogP contribution in [0, 0.1) is 0 Å². The minimum Gasteiger partial charge on any atom is -0.466 e. The Balaban J connectivity index is 1.85. The van der Waals surface area contributed by atoms with Gasteiger partial charge < -0.3 is 14.2 Å². The van der Waals surface area contributed by atoms with Crippen molar-refractivity contribution in [3.05, 3.63) is 34.3 Å². The highest BCUT2D eigenvalue weighted by Gasteiger charge is 2.24. The van der Waals surface area contributed by atoms with Crippen molar-refractivity contribution < 1.29 is 19.0 Å². The first-order valence-electron chi connectivity index (χ1n) is 8.27. The SMILES string of the molecule is CCOC(=O)CCCCc1cc(Cl)ccc1[C@@H](C)OCC1CO1. The molecular weight excluding hydrogens is 316 g/mol. The van der Waals surface area contributed by atoms with Gasteiger partial charge in [-0.2, -0.15) is 0 Å². The quantitative estimate of drug-likeness (QED) is 0.365. The summed E-state index contributed by atoms with van der Waals surface area (Å²) < 4.78 is 16.0. The van der Waals surface area contributed by atoms with Gasteiger partial charge in [-0.05, 0) is 56.4 Å². The molecule has 23 heavy (non-hydrogen) atoms. The average molecular weight is 341 g/mol. The first-order chi connectivity index (χ1) is 11.1. The number of hydrogen-bond donors (Lipinski definition) is 0. The molecule has 5 heteroatoms. The molecule has 1 aliphatic rings. The predicted molar refractivity (Wildman–Crippen MR) is 89.7 cm³/mol. The molecule has 0 aromatic heterocycles. The van der Waals surface area contributed by atoms with Gasteiger partial charge >= 0.3 is 5.97 Å². The number of rotatable bonds is 10. The van der Waals surface area contributed by atoms with Crippen molar-refractivity contribution in [1.29, 1.82) is 0 Å². The Morgan fingerprint density at radius 1 is 1.43 bits per heavy atom. The second-order valence-electron chi connectivity index (χ2n) is 5.79. The fourth-order valence-electron chi connectivity index (χ4n) is 2.51. The lowest BCUT2D eigenvalue weighted by atomic mass is 9.98. The van der Waals surface area contributed by atoms with Crippen molar-refractivity contribution in [1.82, 2.24) is 0 Å². The molecule has 1 aromatic carbocycles. The van der Waals surface area contributed by atoms with E-state index in [1.807, 2.05) is 32.0 Å². The van der Waals surface area contributed by atoms with Crippen LogP contribution in [0.15, 0.2) is 18.2 Å². The molecule has 0 amide bonds. The van der Waals surface area contributed by atoms with E-state index < -0.39 is 0 Å². The minimum atomic E-state index is -0.125. The van der Waals surface area contributed by atoms with E-state index >= 15 is 0 Å². The molecular formula is C18H25ClO4. The summed E-state index contributed by atoms with van der Waals surface area (Å²) in [6.07, 6.45) is 3.35. The van der Waals surface area contributed by atoms with Crippen LogP contribution >= 0.6 is 11.6 Å². The standard InChI is InChI=1S/C18H25ClO4/c1-3-21-18(20)7-5-4-6-14-10-15(19)8-9-17(14)13(2)22-11-16-12-23-16/h8-10,13,16H,3-7,11-12H2,1-2H3/t13-,16?/m1/s1. The number of carbonyl (C=O) groups is 1. The van der Waals surface area contributed by atoms with Crippen LogP contribution in [0.3, 0.4) is 0 Å². The number of esters is 1. The van der Waals surface area contributed by atoms with Gasteiger partial charge in [0.05, 0.1) is 25.9 Å². The molecule has 1 aromatic rings. The lowest BCUT2D eigenvalue weighted by Crippen LogP contribution is -2.09. The number of unbranched alkanes of at least 4 members (excludes halogenated alkanes) is 1. The summed E-state index contributed by atoms with van der Waals surface area (Å²) in [4.78, 5) is 11.4. The van der Waals surface area contributed by atoms with E-state index in [1.54, 1.807) is 0 Å². The maximum absolute atomic E-state index is 11.4. The molecule has 0 aliphatic carbocycles. The van der Waals surface area contributed by atoms with Gasteiger partial charge in [0.15, 0.2) is 0 Å². The van der Waals surface area contributed by atoms with E-state index in [9.17, 15) is 4.79 Å². The molecule has 0 spiro atoms. The van der Waals surface area contributed by atoms with E-state index in [2.05, 4.69) is 0 Å². The summed E-state index contributed by atoms with van der Waals surface area (Å²) in [5, 5.41) is 0.729. The van der Waals surface area contributed by atoms with Crippen LogP contribution in [0.4, 0.5) is 0 Å². The van der Waals surface area contributed by atoms with Gasteiger partial charge in [0, 0.05) is 11.4 Å². The van der Waals surface area contributed by atoms with Crippen molar-refractivity contribution in [2.45, 2.75) is 51.7 Å². The zero-order chi connectivity index (χ0) is 16.7. The molecule has 1 fully saturated rings. The first-order valence-corrected chi connectivity index (χ1v) is 8.65. The number of ether oxygens (including phenoxy) is 3. The van der Waals surface area contributed by atoms with Gasteiger partial charge in [-0.25, -0.2) is 0 Å². The summed E-state index contributed by atoms with van der Waals surface area (Å²) >= 11 is 6.13. The molecule has 2 atom stereocenters. The number of carbonyl (C=O) groups excluding carboxylic acids is 1. The normalized spacial score (nSPS) is 17.8. The maximum atomic E-state index is 11.4. The Hall–Kier alpha value is -1.10. The van der Waals surface area contributed by atoms with Gasteiger partial charge in [0.25, 0.3) is 0 Å². The minimum absolute atomic E-state index is 0.0107. The number of epoxide rings is 1. The van der Waals surface area contributed by atoms with Crippen molar-refractivity contribution >= 4 is 17.6 Å². The summed E-state index contributed by atoms with van der Waals surface area (Å²) in [7, 11) is 0. The lowest BCUT2D eigenvalue weighted by molar-refractivity contribution is -0.143. The summed E-state index contributed by atoms with van der Waals surface area (Å²) in [6, 6.07) is 5.92. The Labute approximate surface area is 143 Å². The van der Waals surface area contributed by atoms with Crippen LogP contribution in [-0.4, -0.2) is 31.9 Å². The van der Waals surface area contributed by atoms with Crippen LogP contribution in [0.5, 0.6) is 0 Å². The molecule has 1 heterocycles. The third-order valence-corrected chi connectivity index (χ3v) is 4.09. The zero-order valence-electron chi connectivity index (χ0n) is 13.8. The lowest BCUT2D eigenvalue weighted by Gasteiger charge is -2.17. The Kier molecular flexibility index (Phi) is 7.34. The Morgan fingerprint density at radius 3 is 2.91 bits per heavy atom. The molecule has 0 radical (unpaired) electrons. The number of hydrogen-bond acceptors (Lipinski definition) is 4. The van der Waals surface area contributed by atoms with Gasteiger partial charge in [-0.3, -0.25) is 4.79 Å². The van der Waals surface area contributed by atoms with Gasteiger partial charge in [-0.1, -0.05) is 17.7 Å². The van der Waals surface area contributed by atoms with E-state index in [0.717, 1.165) is 36.5 Å². The third kappa shape index (κ3) is 6.50. The number of benzene rings is 1. The second-order valence-corrected chi connectivity index (χ2v) is 6.22. The molecule has 0 N–H and O–H groups in total. The molecule has 128 valence electrons. The zero-order valence-corrected chi connectivity index (χ0v) is 14.6. The average Bonchev–Trinajstić information content (AvgIpc) is 3.34. The molecule has 1 saturated heterocycles. The molecule has 1 unspecified atom stereocenters. The largest absolute Gasteiger partial charge is 0.466 e. The highest BCUT2D eigenvalue weighted by Crippen LogP contribution is 2.27. The predicted octanol–water partition coefficient (Wildman–Crippen LogP) is 4.09. The van der Waals surface area contributed by atoms with Crippen LogP contribution in [0.25, 0.3) is 0 Å². The molecule has 2 rings (SSSR count). The van der Waals surface area contributed by atoms with Gasteiger partial charge in [0.2, 0.25) is 0 Å². The number of aryl methyl sites for hydroxylation is 1. The van der Waals surface area contributed by atoms with Crippen LogP contribution in [0.1, 0.15) is 50.3 Å². The first kappa shape index (κ1) is 18.2. The molecule has 1 aliphatic heterocycles. The number of halogens is 1. The summed E-state index contributed by atoms with van der Waals surface area (Å²) in [6.45, 7) is 5.74. The smallest absolute Gasteiger partial charge is 0.305 e. The highest BCUT2D eigenvalue weighted by molar-refractivity contribution is 6.30. The van der Waals surface area contributed by atoms with Crippen molar-refractivity contribution in [3.8, 4) is 0 Å². The Bertz CT molecular complexity index is 514. The van der Waals surface area contributed by atoms with E-state index in [4.69, 9.17) is 25.8 Å². The molecule has 0 bridgehead atoms. The summed E-state index contributed by atoms with van der Waals surface area (Å²) in [5.74, 6) is -0.125. The monoisotopic (exact) mass is 340 g/mol. The van der Waals surface area contributed by atoms with Crippen molar-refractivity contribution in [2.75, 3.05) is 19.8 Å². The second kappa shape index (κ2) is 9.26. The van der Waals surface area contributed by atoms with Gasteiger partial charge in [-0.15, -0.1) is 0 Å².